The minimum Gasteiger partial charge on any atom is -0.310 e. The fourth-order valence-corrected chi connectivity index (χ4v) is 5.29. The molecule has 1 N–H and O–H groups in total. The highest BCUT2D eigenvalue weighted by Gasteiger charge is 2.29. The Morgan fingerprint density at radius 2 is 1.86 bits per heavy atom. The van der Waals surface area contributed by atoms with Crippen LogP contribution < -0.4 is 5.32 Å². The highest BCUT2D eigenvalue weighted by Crippen LogP contribution is 2.35. The normalized spacial score (nSPS) is 26.4. The molecule has 1 aliphatic carbocycles. The van der Waals surface area contributed by atoms with E-state index < -0.39 is 9.84 Å². The van der Waals surface area contributed by atoms with E-state index in [9.17, 15) is 8.42 Å². The zero-order valence-electron chi connectivity index (χ0n) is 12.5. The van der Waals surface area contributed by atoms with Crippen LogP contribution in [0.25, 0.3) is 0 Å². The largest absolute Gasteiger partial charge is 0.310 e. The van der Waals surface area contributed by atoms with E-state index in [1.807, 2.05) is 6.07 Å². The minimum absolute atomic E-state index is 0.294. The Morgan fingerprint density at radius 1 is 1.10 bits per heavy atom. The molecule has 1 aliphatic heterocycles. The smallest absolute Gasteiger partial charge is 0.150 e. The Labute approximate surface area is 128 Å². The van der Waals surface area contributed by atoms with Gasteiger partial charge >= 0.3 is 0 Å². The number of nitrogens with one attached hydrogen (secondary N) is 1. The van der Waals surface area contributed by atoms with Gasteiger partial charge in [0.15, 0.2) is 9.84 Å². The summed E-state index contributed by atoms with van der Waals surface area (Å²) in [6.45, 7) is 0.825. The molecule has 0 amide bonds. The third-order valence-corrected chi connectivity index (χ3v) is 6.81. The first kappa shape index (κ1) is 15.0. The lowest BCUT2D eigenvalue weighted by molar-refractivity contribution is 0.257. The molecule has 3 nitrogen and oxygen atoms in total. The molecular weight excluding hydrogens is 282 g/mol. The van der Waals surface area contributed by atoms with Crippen molar-refractivity contribution in [2.24, 2.45) is 11.8 Å². The fraction of sp³-hybridized carbons (Fsp3) is 0.647. The molecule has 0 spiro atoms. The summed E-state index contributed by atoms with van der Waals surface area (Å²) in [6, 6.07) is 11.0. The SMILES string of the molecule is O=S1(=O)CCC(CNC(CC2CCC2)c2ccccc2)C1. The summed E-state index contributed by atoms with van der Waals surface area (Å²) in [4.78, 5) is 0. The summed E-state index contributed by atoms with van der Waals surface area (Å²) in [7, 11) is -2.76. The van der Waals surface area contributed by atoms with Crippen LogP contribution in [0.5, 0.6) is 0 Å². The molecule has 3 rings (SSSR count). The molecule has 4 heteroatoms. The monoisotopic (exact) mass is 307 g/mol. The van der Waals surface area contributed by atoms with Gasteiger partial charge in [0.1, 0.15) is 0 Å². The van der Waals surface area contributed by atoms with Gasteiger partial charge in [-0.15, -0.1) is 0 Å². The molecular formula is C17H25NO2S. The van der Waals surface area contributed by atoms with Crippen LogP contribution in [-0.2, 0) is 9.84 Å². The predicted molar refractivity (Wildman–Crippen MR) is 85.9 cm³/mol. The van der Waals surface area contributed by atoms with E-state index in [1.165, 1.54) is 31.2 Å². The van der Waals surface area contributed by atoms with Gasteiger partial charge in [-0.3, -0.25) is 0 Å². The highest BCUT2D eigenvalue weighted by atomic mass is 32.2. The maximum Gasteiger partial charge on any atom is 0.150 e. The van der Waals surface area contributed by atoms with E-state index in [0.717, 1.165) is 18.9 Å². The molecule has 1 aromatic rings. The second kappa shape index (κ2) is 6.49. The van der Waals surface area contributed by atoms with Crippen LogP contribution in [0.2, 0.25) is 0 Å². The van der Waals surface area contributed by atoms with E-state index in [-0.39, 0.29) is 0 Å². The predicted octanol–water partition coefficient (Wildman–Crippen LogP) is 2.94. The van der Waals surface area contributed by atoms with Crippen molar-refractivity contribution < 1.29 is 8.42 Å². The van der Waals surface area contributed by atoms with E-state index in [2.05, 4.69) is 29.6 Å². The van der Waals surface area contributed by atoms with Gasteiger partial charge in [0.05, 0.1) is 11.5 Å². The number of hydrogen-bond donors (Lipinski definition) is 1. The molecule has 0 bridgehead atoms. The molecule has 2 fully saturated rings. The Balaban J connectivity index is 1.59. The van der Waals surface area contributed by atoms with Gasteiger partial charge in [0, 0.05) is 6.04 Å². The van der Waals surface area contributed by atoms with Gasteiger partial charge in [-0.2, -0.15) is 0 Å². The van der Waals surface area contributed by atoms with Gasteiger partial charge in [-0.1, -0.05) is 49.6 Å². The molecule has 116 valence electrons. The molecule has 1 saturated heterocycles. The van der Waals surface area contributed by atoms with Crippen LogP contribution >= 0.6 is 0 Å². The molecule has 21 heavy (non-hydrogen) atoms. The highest BCUT2D eigenvalue weighted by molar-refractivity contribution is 7.91. The summed E-state index contributed by atoms with van der Waals surface area (Å²) in [5.74, 6) is 1.88. The lowest BCUT2D eigenvalue weighted by atomic mass is 9.79. The third kappa shape index (κ3) is 4.07. The van der Waals surface area contributed by atoms with Crippen molar-refractivity contribution >= 4 is 9.84 Å². The molecule has 1 aromatic carbocycles. The molecule has 2 aliphatic rings. The van der Waals surface area contributed by atoms with Crippen molar-refractivity contribution in [2.75, 3.05) is 18.1 Å². The Bertz CT molecular complexity index is 551. The summed E-state index contributed by atoms with van der Waals surface area (Å²) in [5.41, 5.74) is 1.34. The van der Waals surface area contributed by atoms with Gasteiger partial charge < -0.3 is 5.32 Å². The standard InChI is InChI=1S/C17H25NO2S/c19-21(20)10-9-15(13-21)12-18-17(11-14-5-4-6-14)16-7-2-1-3-8-16/h1-3,7-8,14-15,17-18H,4-6,9-13H2. The van der Waals surface area contributed by atoms with E-state index in [4.69, 9.17) is 0 Å². The van der Waals surface area contributed by atoms with Gasteiger partial charge in [0.25, 0.3) is 0 Å². The van der Waals surface area contributed by atoms with Crippen LogP contribution in [0.3, 0.4) is 0 Å². The second-order valence-electron chi connectivity index (χ2n) is 6.67. The van der Waals surface area contributed by atoms with Crippen molar-refractivity contribution in [2.45, 2.75) is 38.1 Å². The summed E-state index contributed by atoms with van der Waals surface area (Å²) < 4.78 is 23.1. The summed E-state index contributed by atoms with van der Waals surface area (Å²) in [5, 5.41) is 3.65. The molecule has 1 heterocycles. The number of benzene rings is 1. The molecule has 2 atom stereocenters. The van der Waals surface area contributed by atoms with Crippen LogP contribution in [0.1, 0.15) is 43.7 Å². The van der Waals surface area contributed by atoms with E-state index in [1.54, 1.807) is 0 Å². The van der Waals surface area contributed by atoms with Crippen LogP contribution in [0.4, 0.5) is 0 Å². The van der Waals surface area contributed by atoms with Gasteiger partial charge in [-0.05, 0) is 36.8 Å². The average Bonchev–Trinajstić information content (AvgIpc) is 2.77. The zero-order valence-corrected chi connectivity index (χ0v) is 13.3. The fourth-order valence-electron chi connectivity index (χ4n) is 3.43. The van der Waals surface area contributed by atoms with Gasteiger partial charge in [0.2, 0.25) is 0 Å². The molecule has 1 saturated carbocycles. The first-order valence-corrected chi connectivity index (χ1v) is 9.93. The van der Waals surface area contributed by atoms with Crippen molar-refractivity contribution in [3.63, 3.8) is 0 Å². The molecule has 0 radical (unpaired) electrons. The maximum absolute atomic E-state index is 11.6. The Kier molecular flexibility index (Phi) is 4.65. The number of hydrogen-bond acceptors (Lipinski definition) is 3. The van der Waals surface area contributed by atoms with Crippen molar-refractivity contribution in [1.29, 1.82) is 0 Å². The van der Waals surface area contributed by atoms with Crippen molar-refractivity contribution in [3.8, 4) is 0 Å². The lowest BCUT2D eigenvalue weighted by Gasteiger charge is -2.31. The number of rotatable bonds is 6. The Hall–Kier alpha value is -0.870. The lowest BCUT2D eigenvalue weighted by Crippen LogP contribution is -2.30. The minimum atomic E-state index is -2.76. The summed E-state index contributed by atoms with van der Waals surface area (Å²) >= 11 is 0. The van der Waals surface area contributed by atoms with Crippen molar-refractivity contribution in [1.82, 2.24) is 5.32 Å². The van der Waals surface area contributed by atoms with Crippen LogP contribution in [0, 0.1) is 11.8 Å². The average molecular weight is 307 g/mol. The van der Waals surface area contributed by atoms with Crippen LogP contribution in [0.15, 0.2) is 30.3 Å². The van der Waals surface area contributed by atoms with Crippen LogP contribution in [-0.4, -0.2) is 26.5 Å². The second-order valence-corrected chi connectivity index (χ2v) is 8.90. The topological polar surface area (TPSA) is 46.2 Å². The number of sulfone groups is 1. The first-order valence-electron chi connectivity index (χ1n) is 8.11. The third-order valence-electron chi connectivity index (χ3n) is 4.98. The van der Waals surface area contributed by atoms with E-state index in [0.29, 0.717) is 23.5 Å². The summed E-state index contributed by atoms with van der Waals surface area (Å²) in [6.07, 6.45) is 6.07. The first-order chi connectivity index (χ1) is 10.1. The van der Waals surface area contributed by atoms with Gasteiger partial charge in [-0.25, -0.2) is 8.42 Å². The maximum atomic E-state index is 11.6. The quantitative estimate of drug-likeness (QED) is 0.879. The Morgan fingerprint density at radius 3 is 2.43 bits per heavy atom. The zero-order chi connectivity index (χ0) is 14.7. The van der Waals surface area contributed by atoms with Crippen molar-refractivity contribution in [3.05, 3.63) is 35.9 Å². The van der Waals surface area contributed by atoms with E-state index >= 15 is 0 Å². The molecule has 0 aromatic heterocycles. The molecule has 2 unspecified atom stereocenters.